The number of aryl methyl sites for hydroxylation is 1. The standard InChI is InChI=1S/C14H12N2/c1-10-2-4-11(5-3-10)12-6-7-13-9-15-16-14(13)8-12/h2-9H,1H3,(H,15,16). The van der Waals surface area contributed by atoms with Gasteiger partial charge in [-0.1, -0.05) is 42.0 Å². The molecule has 16 heavy (non-hydrogen) atoms. The van der Waals surface area contributed by atoms with Gasteiger partial charge >= 0.3 is 0 Å². The van der Waals surface area contributed by atoms with Crippen LogP contribution in [0.3, 0.4) is 0 Å². The summed E-state index contributed by atoms with van der Waals surface area (Å²) in [5.74, 6) is 0. The van der Waals surface area contributed by atoms with Gasteiger partial charge in [0.2, 0.25) is 0 Å². The Morgan fingerprint density at radius 2 is 1.69 bits per heavy atom. The lowest BCUT2D eigenvalue weighted by Gasteiger charge is -2.02. The number of nitrogens with one attached hydrogen (secondary N) is 1. The van der Waals surface area contributed by atoms with Crippen LogP contribution in [-0.4, -0.2) is 10.2 Å². The van der Waals surface area contributed by atoms with Crippen LogP contribution in [0.5, 0.6) is 0 Å². The molecular formula is C14H12N2. The lowest BCUT2D eigenvalue weighted by Crippen LogP contribution is -1.78. The first-order chi connectivity index (χ1) is 7.83. The molecule has 2 nitrogen and oxygen atoms in total. The van der Waals surface area contributed by atoms with Gasteiger partial charge in [-0.15, -0.1) is 0 Å². The largest absolute Gasteiger partial charge is 0.278 e. The SMILES string of the molecule is Cc1ccc(-c2ccc3cn[nH]c3c2)cc1. The maximum Gasteiger partial charge on any atom is 0.0656 e. The predicted octanol–water partition coefficient (Wildman–Crippen LogP) is 3.54. The highest BCUT2D eigenvalue weighted by Crippen LogP contribution is 2.23. The van der Waals surface area contributed by atoms with Crippen molar-refractivity contribution in [1.29, 1.82) is 0 Å². The first-order valence-electron chi connectivity index (χ1n) is 5.33. The Labute approximate surface area is 93.9 Å². The molecule has 1 heterocycles. The predicted molar refractivity (Wildman–Crippen MR) is 66.3 cm³/mol. The molecule has 1 N–H and O–H groups in total. The van der Waals surface area contributed by atoms with Gasteiger partial charge in [0, 0.05) is 5.39 Å². The summed E-state index contributed by atoms with van der Waals surface area (Å²) >= 11 is 0. The number of rotatable bonds is 1. The fraction of sp³-hybridized carbons (Fsp3) is 0.0714. The molecule has 3 aromatic rings. The highest BCUT2D eigenvalue weighted by molar-refractivity contribution is 5.83. The molecule has 0 atom stereocenters. The zero-order chi connectivity index (χ0) is 11.0. The van der Waals surface area contributed by atoms with E-state index in [1.165, 1.54) is 16.7 Å². The molecule has 3 rings (SSSR count). The second-order valence-corrected chi connectivity index (χ2v) is 4.04. The second-order valence-electron chi connectivity index (χ2n) is 4.04. The quantitative estimate of drug-likeness (QED) is 0.651. The monoisotopic (exact) mass is 208 g/mol. The molecule has 2 heteroatoms. The van der Waals surface area contributed by atoms with Gasteiger partial charge in [-0.05, 0) is 24.1 Å². The summed E-state index contributed by atoms with van der Waals surface area (Å²) in [4.78, 5) is 0. The maximum absolute atomic E-state index is 4.03. The molecule has 0 saturated carbocycles. The zero-order valence-corrected chi connectivity index (χ0v) is 9.07. The van der Waals surface area contributed by atoms with Crippen molar-refractivity contribution >= 4 is 10.9 Å². The van der Waals surface area contributed by atoms with Crippen LogP contribution in [0.1, 0.15) is 5.56 Å². The van der Waals surface area contributed by atoms with Crippen molar-refractivity contribution in [1.82, 2.24) is 10.2 Å². The highest BCUT2D eigenvalue weighted by Gasteiger charge is 2.00. The molecule has 0 spiro atoms. The van der Waals surface area contributed by atoms with E-state index in [-0.39, 0.29) is 0 Å². The Kier molecular flexibility index (Phi) is 2.00. The average Bonchev–Trinajstić information content (AvgIpc) is 2.77. The summed E-state index contributed by atoms with van der Waals surface area (Å²) in [6, 6.07) is 14.9. The summed E-state index contributed by atoms with van der Waals surface area (Å²) in [6.45, 7) is 2.10. The topological polar surface area (TPSA) is 28.7 Å². The average molecular weight is 208 g/mol. The van der Waals surface area contributed by atoms with Crippen molar-refractivity contribution in [2.45, 2.75) is 6.92 Å². The smallest absolute Gasteiger partial charge is 0.0656 e. The summed E-state index contributed by atoms with van der Waals surface area (Å²) in [7, 11) is 0. The lowest BCUT2D eigenvalue weighted by molar-refractivity contribution is 1.12. The summed E-state index contributed by atoms with van der Waals surface area (Å²) < 4.78 is 0. The van der Waals surface area contributed by atoms with E-state index in [9.17, 15) is 0 Å². The number of nitrogens with zero attached hydrogens (tertiary/aromatic N) is 1. The Bertz CT molecular complexity index is 621. The third-order valence-corrected chi connectivity index (χ3v) is 2.83. The Morgan fingerprint density at radius 3 is 2.50 bits per heavy atom. The van der Waals surface area contributed by atoms with Gasteiger partial charge in [-0.25, -0.2) is 0 Å². The number of hydrogen-bond acceptors (Lipinski definition) is 1. The molecule has 0 radical (unpaired) electrons. The zero-order valence-electron chi connectivity index (χ0n) is 9.07. The highest BCUT2D eigenvalue weighted by atomic mass is 15.1. The number of benzene rings is 2. The van der Waals surface area contributed by atoms with Crippen LogP contribution < -0.4 is 0 Å². The number of aromatic nitrogens is 2. The van der Waals surface area contributed by atoms with Crippen LogP contribution >= 0.6 is 0 Å². The molecule has 0 aliphatic heterocycles. The van der Waals surface area contributed by atoms with Crippen molar-refractivity contribution < 1.29 is 0 Å². The van der Waals surface area contributed by atoms with Gasteiger partial charge in [0.25, 0.3) is 0 Å². The lowest BCUT2D eigenvalue weighted by atomic mass is 10.0. The summed E-state index contributed by atoms with van der Waals surface area (Å²) in [5, 5.41) is 8.17. The fourth-order valence-corrected chi connectivity index (χ4v) is 1.86. The molecule has 1 aromatic heterocycles. The van der Waals surface area contributed by atoms with E-state index in [2.05, 4.69) is 59.6 Å². The number of aromatic amines is 1. The summed E-state index contributed by atoms with van der Waals surface area (Å²) in [6.07, 6.45) is 1.84. The van der Waals surface area contributed by atoms with E-state index >= 15 is 0 Å². The number of fused-ring (bicyclic) bond motifs is 1. The maximum atomic E-state index is 4.03. The number of H-pyrrole nitrogens is 1. The minimum Gasteiger partial charge on any atom is -0.278 e. The normalized spacial score (nSPS) is 10.8. The van der Waals surface area contributed by atoms with E-state index < -0.39 is 0 Å². The molecule has 0 aliphatic rings. The van der Waals surface area contributed by atoms with E-state index in [1.807, 2.05) is 6.20 Å². The van der Waals surface area contributed by atoms with Gasteiger partial charge in [-0.2, -0.15) is 5.10 Å². The van der Waals surface area contributed by atoms with Gasteiger partial charge < -0.3 is 0 Å². The molecule has 78 valence electrons. The van der Waals surface area contributed by atoms with Crippen LogP contribution in [0.25, 0.3) is 22.0 Å². The van der Waals surface area contributed by atoms with Crippen molar-refractivity contribution in [3.8, 4) is 11.1 Å². The minimum absolute atomic E-state index is 1.08. The van der Waals surface area contributed by atoms with Crippen LogP contribution in [-0.2, 0) is 0 Å². The van der Waals surface area contributed by atoms with Gasteiger partial charge in [0.15, 0.2) is 0 Å². The van der Waals surface area contributed by atoms with Crippen molar-refractivity contribution in [2.24, 2.45) is 0 Å². The molecule has 0 saturated heterocycles. The third kappa shape index (κ3) is 1.48. The Morgan fingerprint density at radius 1 is 0.938 bits per heavy atom. The minimum atomic E-state index is 1.08. The molecule has 0 unspecified atom stereocenters. The number of hydrogen-bond donors (Lipinski definition) is 1. The van der Waals surface area contributed by atoms with Gasteiger partial charge in [-0.3, -0.25) is 5.10 Å². The van der Waals surface area contributed by atoms with Crippen LogP contribution in [0, 0.1) is 6.92 Å². The second kappa shape index (κ2) is 3.49. The molecule has 0 aliphatic carbocycles. The Hall–Kier alpha value is -2.09. The van der Waals surface area contributed by atoms with Gasteiger partial charge in [0.05, 0.1) is 11.7 Å². The van der Waals surface area contributed by atoms with E-state index in [0.717, 1.165) is 10.9 Å². The first kappa shape index (κ1) is 9.16. The van der Waals surface area contributed by atoms with Crippen molar-refractivity contribution in [3.05, 3.63) is 54.2 Å². The van der Waals surface area contributed by atoms with Crippen LogP contribution in [0.2, 0.25) is 0 Å². The van der Waals surface area contributed by atoms with Crippen molar-refractivity contribution in [3.63, 3.8) is 0 Å². The molecule has 2 aromatic carbocycles. The molecule has 0 amide bonds. The molecular weight excluding hydrogens is 196 g/mol. The summed E-state index contributed by atoms with van der Waals surface area (Å²) in [5.41, 5.74) is 4.82. The fourth-order valence-electron chi connectivity index (χ4n) is 1.86. The van der Waals surface area contributed by atoms with Crippen LogP contribution in [0.4, 0.5) is 0 Å². The van der Waals surface area contributed by atoms with Crippen LogP contribution in [0.15, 0.2) is 48.7 Å². The van der Waals surface area contributed by atoms with E-state index in [1.54, 1.807) is 0 Å². The van der Waals surface area contributed by atoms with Gasteiger partial charge in [0.1, 0.15) is 0 Å². The third-order valence-electron chi connectivity index (χ3n) is 2.83. The van der Waals surface area contributed by atoms with Crippen molar-refractivity contribution in [2.75, 3.05) is 0 Å². The molecule has 0 bridgehead atoms. The Balaban J connectivity index is 2.14. The van der Waals surface area contributed by atoms with E-state index in [4.69, 9.17) is 0 Å². The molecule has 0 fully saturated rings. The van der Waals surface area contributed by atoms with E-state index in [0.29, 0.717) is 0 Å². The first-order valence-corrected chi connectivity index (χ1v) is 5.33.